The van der Waals surface area contributed by atoms with Gasteiger partial charge in [-0.15, -0.1) is 0 Å². The number of likely N-dealkylation sites (N-methyl/N-ethyl adjacent to an activating group) is 1. The van der Waals surface area contributed by atoms with Crippen molar-refractivity contribution in [3.05, 3.63) is 52.4 Å². The molecule has 32 heavy (non-hydrogen) atoms. The van der Waals surface area contributed by atoms with Crippen molar-refractivity contribution in [2.24, 2.45) is 0 Å². The highest BCUT2D eigenvalue weighted by Gasteiger charge is 2.47. The molecule has 1 N–H and O–H groups in total. The van der Waals surface area contributed by atoms with Crippen LogP contribution in [0.4, 0.5) is 0 Å². The van der Waals surface area contributed by atoms with Gasteiger partial charge in [-0.3, -0.25) is 9.59 Å². The zero-order chi connectivity index (χ0) is 23.6. The summed E-state index contributed by atoms with van der Waals surface area (Å²) in [5.74, 6) is 1.13. The molecule has 1 unspecified atom stereocenters. The van der Waals surface area contributed by atoms with E-state index >= 15 is 0 Å². The molecule has 4 rings (SSSR count). The molecule has 0 spiro atoms. The summed E-state index contributed by atoms with van der Waals surface area (Å²) in [5, 5.41) is 0. The second-order valence-electron chi connectivity index (χ2n) is 7.81. The fourth-order valence-corrected chi connectivity index (χ4v) is 4.61. The minimum Gasteiger partial charge on any atom is -0.493 e. The third-order valence-electron chi connectivity index (χ3n) is 6.14. The molecule has 0 radical (unpaired) electrons. The number of carbonyl (C=O) groups excluding carboxylic acids is 2. The van der Waals surface area contributed by atoms with Crippen molar-refractivity contribution in [1.29, 1.82) is 0 Å². The number of nitrogens with zero attached hydrogens (tertiary/aromatic N) is 2. The lowest BCUT2D eigenvalue weighted by molar-refractivity contribution is -0.157. The maximum atomic E-state index is 13.2. The summed E-state index contributed by atoms with van der Waals surface area (Å²) >= 11 is 0. The first-order valence-corrected chi connectivity index (χ1v) is 11.0. The number of allylic oxidation sites excluding steroid dienone is 1. The van der Waals surface area contributed by atoms with Gasteiger partial charge in [-0.1, -0.05) is 19.9 Å². The summed E-state index contributed by atoms with van der Waals surface area (Å²) in [4.78, 5) is 32.8. The van der Waals surface area contributed by atoms with E-state index in [0.717, 1.165) is 27.9 Å². The number of hydrogen-bond donors (Lipinski definition) is 1. The van der Waals surface area contributed by atoms with Crippen LogP contribution >= 0.6 is 0 Å². The van der Waals surface area contributed by atoms with Crippen LogP contribution in [0.5, 0.6) is 11.5 Å². The number of ether oxygens (including phenoxy) is 2. The smallest absolute Gasteiger partial charge is 0.245 e. The number of carbonyl (C=O) groups is 2. The maximum absolute atomic E-state index is 13.2. The monoisotopic (exact) mass is 439 g/mol. The molecular weight excluding hydrogens is 406 g/mol. The molecular formula is C25H33N3O4. The van der Waals surface area contributed by atoms with Crippen molar-refractivity contribution < 1.29 is 19.1 Å². The molecule has 0 saturated carbocycles. The van der Waals surface area contributed by atoms with Gasteiger partial charge in [0.15, 0.2) is 11.5 Å². The van der Waals surface area contributed by atoms with Gasteiger partial charge in [-0.25, -0.2) is 0 Å². The quantitative estimate of drug-likeness (QED) is 0.788. The second-order valence-corrected chi connectivity index (χ2v) is 7.81. The molecule has 1 aromatic heterocycles. The largest absolute Gasteiger partial charge is 0.493 e. The first-order chi connectivity index (χ1) is 15.4. The summed E-state index contributed by atoms with van der Waals surface area (Å²) in [5.41, 5.74) is 4.97. The highest BCUT2D eigenvalue weighted by atomic mass is 16.5. The van der Waals surface area contributed by atoms with Gasteiger partial charge in [0.1, 0.15) is 6.04 Å². The van der Waals surface area contributed by atoms with Gasteiger partial charge < -0.3 is 24.3 Å². The average molecular weight is 440 g/mol. The summed E-state index contributed by atoms with van der Waals surface area (Å²) in [6, 6.07) is 2.96. The van der Waals surface area contributed by atoms with E-state index in [4.69, 9.17) is 9.47 Å². The van der Waals surface area contributed by atoms with Gasteiger partial charge in [0, 0.05) is 30.9 Å². The number of fused-ring (bicyclic) bond motifs is 2. The Kier molecular flexibility index (Phi) is 6.96. The third kappa shape index (κ3) is 3.76. The first kappa shape index (κ1) is 23.4. The third-order valence-corrected chi connectivity index (χ3v) is 6.14. The van der Waals surface area contributed by atoms with Gasteiger partial charge in [-0.2, -0.15) is 0 Å². The Morgan fingerprint density at radius 3 is 2.38 bits per heavy atom. The van der Waals surface area contributed by atoms with Crippen molar-refractivity contribution in [3.63, 3.8) is 0 Å². The Hall–Kier alpha value is -3.22. The Morgan fingerprint density at radius 1 is 1.09 bits per heavy atom. The number of hydrogen-bond acceptors (Lipinski definition) is 4. The van der Waals surface area contributed by atoms with Crippen LogP contribution in [0.2, 0.25) is 0 Å². The molecule has 2 amide bonds. The standard InChI is InChI=1S/C23H27N3O4.C2H6/c1-6-7-17-13(2)16(11-24-17)22-15-10-20(30-5)19(29-4)9-14(15)8-18-23(28)25(3)12-21(27)26(18)22;1-2/h6-7,9-11,18,22,24H,8,12H2,1-5H3;1-2H3/b7-6-;/t18?,22-;/m0./s1. The van der Waals surface area contributed by atoms with Crippen LogP contribution in [0.25, 0.3) is 6.08 Å². The number of methoxy groups -OCH3 is 2. The van der Waals surface area contributed by atoms with E-state index in [1.54, 1.807) is 26.2 Å². The van der Waals surface area contributed by atoms with E-state index in [0.29, 0.717) is 17.9 Å². The number of piperazine rings is 1. The molecule has 7 nitrogen and oxygen atoms in total. The van der Waals surface area contributed by atoms with E-state index in [2.05, 4.69) is 4.98 Å². The Balaban J connectivity index is 0.00000141. The number of aromatic amines is 1. The Bertz CT molecular complexity index is 1040. The average Bonchev–Trinajstić information content (AvgIpc) is 3.16. The molecule has 2 atom stereocenters. The Labute approximate surface area is 190 Å². The van der Waals surface area contributed by atoms with E-state index in [1.807, 2.05) is 58.2 Å². The minimum atomic E-state index is -0.536. The zero-order valence-electron chi connectivity index (χ0n) is 20.0. The van der Waals surface area contributed by atoms with Crippen LogP contribution in [0, 0.1) is 6.92 Å². The van der Waals surface area contributed by atoms with Crippen LogP contribution < -0.4 is 9.47 Å². The second kappa shape index (κ2) is 9.51. The van der Waals surface area contributed by atoms with Crippen LogP contribution in [-0.4, -0.2) is 60.5 Å². The van der Waals surface area contributed by atoms with Gasteiger partial charge in [0.05, 0.1) is 26.8 Å². The van der Waals surface area contributed by atoms with Crippen LogP contribution in [0.1, 0.15) is 54.8 Å². The minimum absolute atomic E-state index is 0.0399. The van der Waals surface area contributed by atoms with Gasteiger partial charge in [0.25, 0.3) is 0 Å². The number of amides is 2. The first-order valence-electron chi connectivity index (χ1n) is 11.0. The molecule has 3 heterocycles. The topological polar surface area (TPSA) is 74.9 Å². The molecule has 0 bridgehead atoms. The lowest BCUT2D eigenvalue weighted by Crippen LogP contribution is -2.62. The molecule has 1 aromatic carbocycles. The SMILES string of the molecule is C/C=C\c1[nH]cc([C@@H]2c3cc(OC)c(OC)cc3CC3C(=O)N(C)CC(=O)N32)c1C.CC. The normalized spacial score (nSPS) is 20.0. The van der Waals surface area contributed by atoms with Gasteiger partial charge in [0.2, 0.25) is 11.8 Å². The van der Waals surface area contributed by atoms with Crippen LogP contribution in [0.15, 0.2) is 24.4 Å². The van der Waals surface area contributed by atoms with E-state index in [1.165, 1.54) is 4.90 Å². The molecule has 1 saturated heterocycles. The van der Waals surface area contributed by atoms with Gasteiger partial charge in [-0.05, 0) is 48.7 Å². The Morgan fingerprint density at radius 2 is 1.75 bits per heavy atom. The molecule has 7 heteroatoms. The fourth-order valence-electron chi connectivity index (χ4n) is 4.61. The van der Waals surface area contributed by atoms with Crippen molar-refractivity contribution in [3.8, 4) is 11.5 Å². The molecule has 1 fully saturated rings. The highest BCUT2D eigenvalue weighted by Crippen LogP contribution is 2.45. The lowest BCUT2D eigenvalue weighted by atomic mass is 9.82. The zero-order valence-corrected chi connectivity index (χ0v) is 20.0. The molecule has 0 aliphatic carbocycles. The molecule has 2 aliphatic rings. The van der Waals surface area contributed by atoms with E-state index in [9.17, 15) is 9.59 Å². The summed E-state index contributed by atoms with van der Waals surface area (Å²) in [7, 11) is 4.88. The van der Waals surface area contributed by atoms with Crippen molar-refractivity contribution in [2.45, 2.75) is 46.2 Å². The number of benzene rings is 1. The maximum Gasteiger partial charge on any atom is 0.245 e. The van der Waals surface area contributed by atoms with Crippen molar-refractivity contribution in [1.82, 2.24) is 14.8 Å². The van der Waals surface area contributed by atoms with Crippen LogP contribution in [-0.2, 0) is 16.0 Å². The summed E-state index contributed by atoms with van der Waals surface area (Å²) in [6.45, 7) is 8.08. The highest BCUT2D eigenvalue weighted by molar-refractivity contribution is 5.96. The molecule has 2 aliphatic heterocycles. The summed E-state index contributed by atoms with van der Waals surface area (Å²) in [6.07, 6.45) is 6.37. The molecule has 2 aromatic rings. The van der Waals surface area contributed by atoms with Crippen LogP contribution in [0.3, 0.4) is 0 Å². The molecule has 172 valence electrons. The number of aromatic nitrogens is 1. The van der Waals surface area contributed by atoms with E-state index in [-0.39, 0.29) is 24.4 Å². The number of H-pyrrole nitrogens is 1. The summed E-state index contributed by atoms with van der Waals surface area (Å²) < 4.78 is 11.0. The predicted octanol–water partition coefficient (Wildman–Crippen LogP) is 3.71. The number of rotatable bonds is 4. The van der Waals surface area contributed by atoms with Crippen molar-refractivity contribution >= 4 is 17.9 Å². The number of nitrogens with one attached hydrogen (secondary N) is 1. The lowest BCUT2D eigenvalue weighted by Gasteiger charge is -2.47. The fraction of sp³-hybridized carbons (Fsp3) is 0.440. The van der Waals surface area contributed by atoms with Crippen molar-refractivity contribution in [2.75, 3.05) is 27.8 Å². The van der Waals surface area contributed by atoms with Gasteiger partial charge >= 0.3 is 0 Å². The van der Waals surface area contributed by atoms with E-state index < -0.39 is 6.04 Å². The predicted molar refractivity (Wildman–Crippen MR) is 125 cm³/mol.